The maximum absolute atomic E-state index is 12.4. The van der Waals surface area contributed by atoms with E-state index in [0.717, 1.165) is 0 Å². The summed E-state index contributed by atoms with van der Waals surface area (Å²) in [6.45, 7) is 0.961. The van der Waals surface area contributed by atoms with Gasteiger partial charge >= 0.3 is 5.97 Å². The Labute approximate surface area is 150 Å². The Balaban J connectivity index is 1.59. The number of hydrogen-bond acceptors (Lipinski definition) is 6. The number of carbonyl (C=O) groups excluding carboxylic acids is 2. The molecule has 1 aliphatic rings. The van der Waals surface area contributed by atoms with E-state index >= 15 is 0 Å². The van der Waals surface area contributed by atoms with Crippen LogP contribution in [0.1, 0.15) is 28.8 Å². The van der Waals surface area contributed by atoms with E-state index in [4.69, 9.17) is 19.2 Å². The quantitative estimate of drug-likeness (QED) is 0.619. The lowest BCUT2D eigenvalue weighted by atomic mass is 9.96. The highest BCUT2D eigenvalue weighted by Crippen LogP contribution is 2.30. The topological polar surface area (TPSA) is 92.8 Å². The van der Waals surface area contributed by atoms with Crippen molar-refractivity contribution in [3.8, 4) is 17.6 Å². The molecule has 7 heteroatoms. The Morgan fingerprint density at radius 2 is 2.00 bits per heavy atom. The number of furan rings is 1. The van der Waals surface area contributed by atoms with Gasteiger partial charge < -0.3 is 18.8 Å². The van der Waals surface area contributed by atoms with Crippen molar-refractivity contribution in [2.45, 2.75) is 12.8 Å². The largest absolute Gasteiger partial charge is 0.493 e. The Hall–Kier alpha value is -3.27. The van der Waals surface area contributed by atoms with Crippen molar-refractivity contribution in [3.63, 3.8) is 0 Å². The fourth-order valence-corrected chi connectivity index (χ4v) is 2.90. The Morgan fingerprint density at radius 1 is 1.23 bits per heavy atom. The number of ether oxygens (including phenoxy) is 2. The lowest BCUT2D eigenvalue weighted by Crippen LogP contribution is -2.41. The third-order valence-electron chi connectivity index (χ3n) is 4.39. The fourth-order valence-electron chi connectivity index (χ4n) is 2.90. The number of hydrogen-bond donors (Lipinski definition) is 0. The van der Waals surface area contributed by atoms with Crippen molar-refractivity contribution < 1.29 is 23.5 Å². The molecule has 0 saturated carbocycles. The summed E-state index contributed by atoms with van der Waals surface area (Å²) in [6, 6.07) is 8.27. The average Bonchev–Trinajstić information content (AvgIpc) is 3.22. The molecule has 134 valence electrons. The molecule has 0 spiro atoms. The molecule has 0 atom stereocenters. The smallest absolute Gasteiger partial charge is 0.314 e. The molecule has 2 heterocycles. The summed E-state index contributed by atoms with van der Waals surface area (Å²) in [5.74, 6) is -0.120. The number of esters is 1. The SMILES string of the molecule is COc1cc(C#N)ccc1OC(=O)C1CCN(C(=O)c2ccoc2)CC1. The van der Waals surface area contributed by atoms with Gasteiger partial charge in [-0.25, -0.2) is 0 Å². The van der Waals surface area contributed by atoms with Crippen LogP contribution in [0.4, 0.5) is 0 Å². The second-order valence-electron chi connectivity index (χ2n) is 5.98. The first kappa shape index (κ1) is 17.5. The normalized spacial score (nSPS) is 14.5. The number of amides is 1. The molecule has 1 fully saturated rings. The summed E-state index contributed by atoms with van der Waals surface area (Å²) in [7, 11) is 1.45. The van der Waals surface area contributed by atoms with Crippen LogP contribution in [-0.2, 0) is 4.79 Å². The molecule has 1 aliphatic heterocycles. The fraction of sp³-hybridized carbons (Fsp3) is 0.316. The van der Waals surface area contributed by atoms with Gasteiger partial charge in [0.1, 0.15) is 6.26 Å². The molecule has 7 nitrogen and oxygen atoms in total. The van der Waals surface area contributed by atoms with Gasteiger partial charge in [-0.1, -0.05) is 0 Å². The molecule has 2 aromatic rings. The molecule has 1 aromatic carbocycles. The highest BCUT2D eigenvalue weighted by atomic mass is 16.6. The van der Waals surface area contributed by atoms with Crippen molar-refractivity contribution in [1.82, 2.24) is 4.90 Å². The van der Waals surface area contributed by atoms with Crippen LogP contribution in [0.15, 0.2) is 41.2 Å². The van der Waals surface area contributed by atoms with Crippen molar-refractivity contribution in [3.05, 3.63) is 47.9 Å². The minimum Gasteiger partial charge on any atom is -0.493 e. The molecule has 1 aromatic heterocycles. The molecule has 26 heavy (non-hydrogen) atoms. The predicted octanol–water partition coefficient (Wildman–Crippen LogP) is 2.62. The Morgan fingerprint density at radius 3 is 2.62 bits per heavy atom. The number of carbonyl (C=O) groups is 2. The first-order valence-electron chi connectivity index (χ1n) is 8.23. The van der Waals surface area contributed by atoms with Gasteiger partial charge in [-0.3, -0.25) is 9.59 Å². The van der Waals surface area contributed by atoms with E-state index in [2.05, 4.69) is 0 Å². The number of rotatable bonds is 4. The third kappa shape index (κ3) is 3.70. The number of nitriles is 1. The van der Waals surface area contributed by atoms with Gasteiger partial charge in [0.05, 0.1) is 36.5 Å². The van der Waals surface area contributed by atoms with E-state index in [1.165, 1.54) is 25.7 Å². The van der Waals surface area contributed by atoms with Crippen LogP contribution in [0.3, 0.4) is 0 Å². The second-order valence-corrected chi connectivity index (χ2v) is 5.98. The van der Waals surface area contributed by atoms with Gasteiger partial charge in [-0.2, -0.15) is 5.26 Å². The van der Waals surface area contributed by atoms with Gasteiger partial charge in [0.25, 0.3) is 5.91 Å². The highest BCUT2D eigenvalue weighted by molar-refractivity contribution is 5.94. The predicted molar refractivity (Wildman–Crippen MR) is 90.7 cm³/mol. The molecule has 1 amide bonds. The van der Waals surface area contributed by atoms with Crippen molar-refractivity contribution in [1.29, 1.82) is 5.26 Å². The van der Waals surface area contributed by atoms with Crippen LogP contribution in [0, 0.1) is 17.2 Å². The molecular formula is C19H18N2O5. The molecular weight excluding hydrogens is 336 g/mol. The third-order valence-corrected chi connectivity index (χ3v) is 4.39. The van der Waals surface area contributed by atoms with Crippen molar-refractivity contribution in [2.75, 3.05) is 20.2 Å². The first-order chi connectivity index (χ1) is 12.6. The van der Waals surface area contributed by atoms with E-state index in [-0.39, 0.29) is 23.5 Å². The van der Waals surface area contributed by atoms with Crippen molar-refractivity contribution >= 4 is 11.9 Å². The van der Waals surface area contributed by atoms with Gasteiger partial charge in [-0.05, 0) is 31.0 Å². The Kier molecular flexibility index (Phi) is 5.23. The monoisotopic (exact) mass is 354 g/mol. The van der Waals surface area contributed by atoms with Crippen LogP contribution >= 0.6 is 0 Å². The molecule has 0 aliphatic carbocycles. The molecule has 1 saturated heterocycles. The lowest BCUT2D eigenvalue weighted by Gasteiger charge is -2.30. The number of nitrogens with zero attached hydrogens (tertiary/aromatic N) is 2. The van der Waals surface area contributed by atoms with Crippen LogP contribution in [0.25, 0.3) is 0 Å². The summed E-state index contributed by atoms with van der Waals surface area (Å²) in [5.41, 5.74) is 0.932. The van der Waals surface area contributed by atoms with Crippen LogP contribution in [-0.4, -0.2) is 37.0 Å². The van der Waals surface area contributed by atoms with E-state index in [1.807, 2.05) is 6.07 Å². The van der Waals surface area contributed by atoms with Gasteiger partial charge in [-0.15, -0.1) is 0 Å². The summed E-state index contributed by atoms with van der Waals surface area (Å²) < 4.78 is 15.6. The van der Waals surface area contributed by atoms with E-state index in [1.54, 1.807) is 23.1 Å². The lowest BCUT2D eigenvalue weighted by molar-refractivity contribution is -0.140. The summed E-state index contributed by atoms with van der Waals surface area (Å²) in [6.07, 6.45) is 3.93. The second kappa shape index (κ2) is 7.74. The zero-order chi connectivity index (χ0) is 18.5. The number of methoxy groups -OCH3 is 1. The zero-order valence-electron chi connectivity index (χ0n) is 14.3. The van der Waals surface area contributed by atoms with Gasteiger partial charge in [0.2, 0.25) is 0 Å². The number of piperidine rings is 1. The van der Waals surface area contributed by atoms with E-state index < -0.39 is 0 Å². The maximum atomic E-state index is 12.4. The van der Waals surface area contributed by atoms with E-state index in [9.17, 15) is 9.59 Å². The molecule has 0 unspecified atom stereocenters. The zero-order valence-corrected chi connectivity index (χ0v) is 14.3. The summed E-state index contributed by atoms with van der Waals surface area (Å²) >= 11 is 0. The minimum absolute atomic E-state index is 0.0978. The summed E-state index contributed by atoms with van der Waals surface area (Å²) in [4.78, 5) is 26.4. The standard InChI is InChI=1S/C19H18N2O5/c1-24-17-10-13(11-20)2-3-16(17)26-19(23)14-4-7-21(8-5-14)18(22)15-6-9-25-12-15/h2-3,6,9-10,12,14H,4-5,7-8H2,1H3. The van der Waals surface area contributed by atoms with Crippen LogP contribution in [0.5, 0.6) is 11.5 Å². The van der Waals surface area contributed by atoms with E-state index in [0.29, 0.717) is 42.8 Å². The first-order valence-corrected chi connectivity index (χ1v) is 8.23. The average molecular weight is 354 g/mol. The number of likely N-dealkylation sites (tertiary alicyclic amines) is 1. The van der Waals surface area contributed by atoms with Crippen LogP contribution in [0.2, 0.25) is 0 Å². The highest BCUT2D eigenvalue weighted by Gasteiger charge is 2.29. The van der Waals surface area contributed by atoms with Crippen molar-refractivity contribution in [2.24, 2.45) is 5.92 Å². The van der Waals surface area contributed by atoms with Gasteiger partial charge in [0, 0.05) is 19.2 Å². The summed E-state index contributed by atoms with van der Waals surface area (Å²) in [5, 5.41) is 8.92. The minimum atomic E-state index is -0.358. The van der Waals surface area contributed by atoms with Gasteiger partial charge in [0.15, 0.2) is 11.5 Å². The molecule has 0 N–H and O–H groups in total. The van der Waals surface area contributed by atoms with Crippen LogP contribution < -0.4 is 9.47 Å². The molecule has 0 bridgehead atoms. The Bertz CT molecular complexity index is 830. The molecule has 0 radical (unpaired) electrons. The maximum Gasteiger partial charge on any atom is 0.314 e. The molecule has 3 rings (SSSR count). The number of benzene rings is 1.